The van der Waals surface area contributed by atoms with Crippen molar-refractivity contribution in [1.82, 2.24) is 10.1 Å². The van der Waals surface area contributed by atoms with Crippen LogP contribution in [0.2, 0.25) is 0 Å². The first-order valence-corrected chi connectivity index (χ1v) is 11.3. The van der Waals surface area contributed by atoms with E-state index in [9.17, 15) is 8.42 Å². The van der Waals surface area contributed by atoms with Crippen molar-refractivity contribution in [3.8, 4) is 17.4 Å². The van der Waals surface area contributed by atoms with E-state index in [-0.39, 0.29) is 28.9 Å². The molecule has 0 atom stereocenters. The summed E-state index contributed by atoms with van der Waals surface area (Å²) >= 11 is 0. The summed E-state index contributed by atoms with van der Waals surface area (Å²) in [6.45, 7) is 0.612. The molecule has 1 N–H and O–H groups in total. The lowest BCUT2D eigenvalue weighted by molar-refractivity contribution is 0.167. The zero-order valence-corrected chi connectivity index (χ0v) is 17.9. The van der Waals surface area contributed by atoms with Crippen LogP contribution in [0.1, 0.15) is 11.3 Å². The first kappa shape index (κ1) is 20.1. The Morgan fingerprint density at radius 1 is 1.06 bits per heavy atom. The van der Waals surface area contributed by atoms with Crippen LogP contribution < -0.4 is 18.9 Å². The van der Waals surface area contributed by atoms with Crippen LogP contribution in [0, 0.1) is 0 Å². The minimum atomic E-state index is -4.06. The maximum atomic E-state index is 13.1. The van der Waals surface area contributed by atoms with E-state index in [1.807, 2.05) is 30.3 Å². The van der Waals surface area contributed by atoms with Crippen molar-refractivity contribution in [1.29, 1.82) is 0 Å². The lowest BCUT2D eigenvalue weighted by atomic mass is 10.1. The minimum Gasteiger partial charge on any atom is -0.486 e. The van der Waals surface area contributed by atoms with Gasteiger partial charge in [0, 0.05) is 12.5 Å². The van der Waals surface area contributed by atoms with Crippen LogP contribution in [-0.2, 0) is 16.4 Å². The molecule has 0 radical (unpaired) electrons. The first-order chi connectivity index (χ1) is 15.5. The van der Waals surface area contributed by atoms with Gasteiger partial charge >= 0.3 is 0 Å². The highest BCUT2D eigenvalue weighted by molar-refractivity contribution is 7.92. The van der Waals surface area contributed by atoms with Gasteiger partial charge < -0.3 is 18.7 Å². The van der Waals surface area contributed by atoms with Crippen LogP contribution in [-0.4, -0.2) is 38.9 Å². The highest BCUT2D eigenvalue weighted by Crippen LogP contribution is 2.38. The number of sulfonamides is 1. The first-order valence-electron chi connectivity index (χ1n) is 9.84. The summed E-state index contributed by atoms with van der Waals surface area (Å²) in [7, 11) is -2.60. The Kier molecular flexibility index (Phi) is 5.06. The molecule has 1 aliphatic rings. The topological polar surface area (TPSA) is 113 Å². The standard InChI is InChI=1S/C22H19N3O6S/c1-28-22-19-17(13-15(23-22)12-14-6-3-2-4-7-14)31-24-21(19)25-32(26,27)18-9-5-8-16-20(18)30-11-10-29-16/h2-9,13H,10-12H2,1H3,(H,24,25). The Morgan fingerprint density at radius 2 is 1.88 bits per heavy atom. The van der Waals surface area contributed by atoms with Gasteiger partial charge in [-0.05, 0) is 17.7 Å². The van der Waals surface area contributed by atoms with Gasteiger partial charge in [0.05, 0.1) is 12.8 Å². The number of pyridine rings is 1. The van der Waals surface area contributed by atoms with E-state index < -0.39 is 10.0 Å². The Morgan fingerprint density at radius 3 is 2.69 bits per heavy atom. The highest BCUT2D eigenvalue weighted by Gasteiger charge is 2.28. The molecular weight excluding hydrogens is 434 g/mol. The Bertz CT molecular complexity index is 1390. The van der Waals surface area contributed by atoms with Gasteiger partial charge in [-0.3, -0.25) is 4.72 Å². The largest absolute Gasteiger partial charge is 0.486 e. The summed E-state index contributed by atoms with van der Waals surface area (Å²) in [4.78, 5) is 4.46. The summed E-state index contributed by atoms with van der Waals surface area (Å²) in [6, 6.07) is 16.2. The number of rotatable bonds is 6. The number of anilines is 1. The molecule has 10 heteroatoms. The van der Waals surface area contributed by atoms with Crippen molar-refractivity contribution < 1.29 is 27.2 Å². The van der Waals surface area contributed by atoms with Crippen LogP contribution >= 0.6 is 0 Å². The molecule has 0 bridgehead atoms. The maximum absolute atomic E-state index is 13.1. The quantitative estimate of drug-likeness (QED) is 0.473. The number of hydrogen-bond donors (Lipinski definition) is 1. The third-order valence-electron chi connectivity index (χ3n) is 4.95. The Labute approximate surface area is 184 Å². The molecule has 0 fully saturated rings. The van der Waals surface area contributed by atoms with Crippen molar-refractivity contribution in [3.05, 3.63) is 65.9 Å². The predicted octanol–water partition coefficient (Wildman–Crippen LogP) is 3.39. The third-order valence-corrected chi connectivity index (χ3v) is 6.31. The molecule has 2 aromatic carbocycles. The van der Waals surface area contributed by atoms with E-state index in [4.69, 9.17) is 18.7 Å². The van der Waals surface area contributed by atoms with Gasteiger partial charge in [-0.15, -0.1) is 0 Å². The number of hydrogen-bond acceptors (Lipinski definition) is 8. The second-order valence-electron chi connectivity index (χ2n) is 7.08. The fourth-order valence-electron chi connectivity index (χ4n) is 3.53. The Hall–Kier alpha value is -3.79. The molecule has 0 amide bonds. The summed E-state index contributed by atoms with van der Waals surface area (Å²) in [5, 5.41) is 4.25. The van der Waals surface area contributed by atoms with Gasteiger partial charge in [0.25, 0.3) is 10.0 Å². The molecule has 32 heavy (non-hydrogen) atoms. The molecule has 0 aliphatic carbocycles. The lowest BCUT2D eigenvalue weighted by Gasteiger charge is -2.20. The summed E-state index contributed by atoms with van der Waals surface area (Å²) < 4.78 is 50.6. The van der Waals surface area contributed by atoms with Crippen LogP contribution in [0.3, 0.4) is 0 Å². The molecule has 3 heterocycles. The van der Waals surface area contributed by atoms with Gasteiger partial charge in [0.1, 0.15) is 23.5 Å². The monoisotopic (exact) mass is 453 g/mol. The molecule has 0 spiro atoms. The number of ether oxygens (including phenoxy) is 3. The van der Waals surface area contributed by atoms with Crippen molar-refractivity contribution >= 4 is 26.8 Å². The fraction of sp³-hybridized carbons (Fsp3) is 0.182. The van der Waals surface area contributed by atoms with Gasteiger partial charge in [-0.25, -0.2) is 13.4 Å². The van der Waals surface area contributed by atoms with Gasteiger partial charge in [0.2, 0.25) is 5.88 Å². The van der Waals surface area contributed by atoms with Crippen molar-refractivity contribution in [2.45, 2.75) is 11.3 Å². The number of benzene rings is 2. The molecule has 1 aliphatic heterocycles. The number of para-hydroxylation sites is 1. The predicted molar refractivity (Wildman–Crippen MR) is 116 cm³/mol. The highest BCUT2D eigenvalue weighted by atomic mass is 32.2. The fourth-order valence-corrected chi connectivity index (χ4v) is 4.70. The summed E-state index contributed by atoms with van der Waals surface area (Å²) in [5.41, 5.74) is 2.13. The molecular formula is C22H19N3O6S. The lowest BCUT2D eigenvalue weighted by Crippen LogP contribution is -2.20. The van der Waals surface area contributed by atoms with Crippen LogP contribution in [0.5, 0.6) is 17.4 Å². The van der Waals surface area contributed by atoms with E-state index in [0.29, 0.717) is 35.4 Å². The van der Waals surface area contributed by atoms with Gasteiger partial charge in [-0.1, -0.05) is 41.6 Å². The normalized spacial score (nSPS) is 13.2. The molecule has 9 nitrogen and oxygen atoms in total. The van der Waals surface area contributed by atoms with E-state index in [1.54, 1.807) is 18.2 Å². The number of nitrogens with zero attached hydrogens (tertiary/aromatic N) is 2. The molecule has 4 aromatic rings. The summed E-state index contributed by atoms with van der Waals surface area (Å²) in [5.74, 6) is 0.718. The van der Waals surface area contributed by atoms with E-state index >= 15 is 0 Å². The number of fused-ring (bicyclic) bond motifs is 2. The maximum Gasteiger partial charge on any atom is 0.266 e. The second-order valence-corrected chi connectivity index (χ2v) is 8.73. The number of aromatic nitrogens is 2. The second kappa shape index (κ2) is 8.04. The van der Waals surface area contributed by atoms with Crippen molar-refractivity contribution in [2.75, 3.05) is 25.0 Å². The molecule has 0 unspecified atom stereocenters. The average molecular weight is 453 g/mol. The van der Waals surface area contributed by atoms with Crippen LogP contribution in [0.25, 0.3) is 11.0 Å². The zero-order valence-electron chi connectivity index (χ0n) is 17.1. The van der Waals surface area contributed by atoms with Crippen molar-refractivity contribution in [3.63, 3.8) is 0 Å². The average Bonchev–Trinajstić information content (AvgIpc) is 3.20. The molecule has 164 valence electrons. The molecule has 0 saturated carbocycles. The number of nitrogens with one attached hydrogen (secondary N) is 1. The van der Waals surface area contributed by atoms with Crippen LogP contribution in [0.4, 0.5) is 5.82 Å². The van der Waals surface area contributed by atoms with Crippen molar-refractivity contribution in [2.24, 2.45) is 0 Å². The number of methoxy groups -OCH3 is 1. The van der Waals surface area contributed by atoms with Gasteiger partial charge in [-0.2, -0.15) is 0 Å². The summed E-state index contributed by atoms with van der Waals surface area (Å²) in [6.07, 6.45) is 0.558. The van der Waals surface area contributed by atoms with E-state index in [2.05, 4.69) is 14.9 Å². The van der Waals surface area contributed by atoms with E-state index in [0.717, 1.165) is 5.56 Å². The molecule has 0 saturated heterocycles. The third kappa shape index (κ3) is 3.69. The van der Waals surface area contributed by atoms with Gasteiger partial charge in [0.15, 0.2) is 22.9 Å². The molecule has 5 rings (SSSR count). The van der Waals surface area contributed by atoms with E-state index in [1.165, 1.54) is 13.2 Å². The SMILES string of the molecule is COc1nc(Cc2ccccc2)cc2onc(NS(=O)(=O)c3cccc4c3OCCO4)c12. The van der Waals surface area contributed by atoms with Crippen LogP contribution in [0.15, 0.2) is 64.0 Å². The Balaban J connectivity index is 1.51. The molecule has 2 aromatic heterocycles. The zero-order chi connectivity index (χ0) is 22.1. The minimum absolute atomic E-state index is 0.0232. The smallest absolute Gasteiger partial charge is 0.266 e.